The lowest BCUT2D eigenvalue weighted by Crippen LogP contribution is -2.34. The highest BCUT2D eigenvalue weighted by atomic mass is 35.5. The van der Waals surface area contributed by atoms with E-state index in [1.54, 1.807) is 23.5 Å². The summed E-state index contributed by atoms with van der Waals surface area (Å²) < 4.78 is 1.16. The van der Waals surface area contributed by atoms with Crippen molar-refractivity contribution in [3.05, 3.63) is 82.4 Å². The normalized spacial score (nSPS) is 10.8. The maximum Gasteiger partial charge on any atom is 0.258 e. The van der Waals surface area contributed by atoms with Crippen molar-refractivity contribution >= 4 is 62.1 Å². The summed E-state index contributed by atoms with van der Waals surface area (Å²) in [6, 6.07) is 19.3. The van der Waals surface area contributed by atoms with Gasteiger partial charge in [-0.1, -0.05) is 29.8 Å². The minimum absolute atomic E-state index is 0.215. The van der Waals surface area contributed by atoms with Gasteiger partial charge in [-0.2, -0.15) is 0 Å². The van der Waals surface area contributed by atoms with E-state index < -0.39 is 0 Å². The van der Waals surface area contributed by atoms with Crippen LogP contribution in [0.3, 0.4) is 0 Å². The average Bonchev–Trinajstić information content (AvgIpc) is 3.13. The van der Waals surface area contributed by atoms with Crippen molar-refractivity contribution in [1.82, 2.24) is 10.3 Å². The van der Waals surface area contributed by atoms with Gasteiger partial charge >= 0.3 is 0 Å². The topological polar surface area (TPSA) is 54.0 Å². The molecule has 7 heteroatoms. The predicted octanol–water partition coefficient (Wildman–Crippen LogP) is 6.36. The molecule has 0 unspecified atom stereocenters. The standard InChI is InChI=1S/C23H18ClN3OS2/c1-13-7-9-16(17(24)11-13)21(28)27-23(29)26-18-10-8-15(12-14(18)2)22-25-19-5-3-4-6-20(19)30-22/h3-12H,1-2H3,(H2,26,27,28,29). The number of aryl methyl sites for hydroxylation is 2. The third kappa shape index (κ3) is 4.36. The summed E-state index contributed by atoms with van der Waals surface area (Å²) in [4.78, 5) is 17.2. The van der Waals surface area contributed by atoms with Gasteiger partial charge in [-0.05, 0) is 79.7 Å². The molecule has 0 fully saturated rings. The van der Waals surface area contributed by atoms with Gasteiger partial charge in [0.15, 0.2) is 5.11 Å². The molecular weight excluding hydrogens is 434 g/mol. The van der Waals surface area contributed by atoms with Gasteiger partial charge in [0, 0.05) is 11.3 Å². The molecule has 0 bridgehead atoms. The highest BCUT2D eigenvalue weighted by Crippen LogP contribution is 2.32. The molecule has 1 amide bonds. The van der Waals surface area contributed by atoms with Crippen molar-refractivity contribution < 1.29 is 4.79 Å². The summed E-state index contributed by atoms with van der Waals surface area (Å²) in [6.07, 6.45) is 0. The van der Waals surface area contributed by atoms with Gasteiger partial charge in [0.05, 0.1) is 20.8 Å². The number of carbonyl (C=O) groups excluding carboxylic acids is 1. The zero-order chi connectivity index (χ0) is 21.3. The third-order valence-corrected chi connectivity index (χ3v) is 6.21. The van der Waals surface area contributed by atoms with Gasteiger partial charge in [-0.3, -0.25) is 10.1 Å². The van der Waals surface area contributed by atoms with Crippen LogP contribution in [0.4, 0.5) is 5.69 Å². The number of nitrogens with zero attached hydrogens (tertiary/aromatic N) is 1. The van der Waals surface area contributed by atoms with Crippen molar-refractivity contribution in [3.63, 3.8) is 0 Å². The zero-order valence-corrected chi connectivity index (χ0v) is 18.7. The van der Waals surface area contributed by atoms with Gasteiger partial charge in [0.2, 0.25) is 0 Å². The zero-order valence-electron chi connectivity index (χ0n) is 16.3. The highest BCUT2D eigenvalue weighted by Gasteiger charge is 2.13. The van der Waals surface area contributed by atoms with Crippen LogP contribution in [0, 0.1) is 13.8 Å². The molecule has 4 aromatic rings. The van der Waals surface area contributed by atoms with Gasteiger partial charge in [-0.25, -0.2) is 4.98 Å². The fraction of sp³-hybridized carbons (Fsp3) is 0.0870. The Hall–Kier alpha value is -2.80. The monoisotopic (exact) mass is 451 g/mol. The molecule has 0 aliphatic carbocycles. The molecule has 0 atom stereocenters. The van der Waals surface area contributed by atoms with Crippen LogP contribution < -0.4 is 10.6 Å². The summed E-state index contributed by atoms with van der Waals surface area (Å²) >= 11 is 13.1. The van der Waals surface area contributed by atoms with Gasteiger partial charge in [0.25, 0.3) is 5.91 Å². The number of fused-ring (bicyclic) bond motifs is 1. The number of amides is 1. The molecule has 2 N–H and O–H groups in total. The molecule has 0 saturated carbocycles. The highest BCUT2D eigenvalue weighted by molar-refractivity contribution is 7.80. The fourth-order valence-corrected chi connectivity index (χ4v) is 4.55. The number of anilines is 1. The second-order valence-corrected chi connectivity index (χ2v) is 8.75. The maximum absolute atomic E-state index is 12.5. The van der Waals surface area contributed by atoms with Crippen molar-refractivity contribution in [1.29, 1.82) is 0 Å². The Bertz CT molecular complexity index is 1250. The molecule has 4 rings (SSSR count). The molecule has 0 aliphatic rings. The number of carbonyl (C=O) groups is 1. The Morgan fingerprint density at radius 1 is 1.07 bits per heavy atom. The van der Waals surface area contributed by atoms with Crippen LogP contribution >= 0.6 is 35.2 Å². The van der Waals surface area contributed by atoms with E-state index >= 15 is 0 Å². The number of halogens is 1. The van der Waals surface area contributed by atoms with E-state index in [9.17, 15) is 4.79 Å². The number of benzene rings is 3. The molecule has 0 spiro atoms. The van der Waals surface area contributed by atoms with E-state index in [2.05, 4.69) is 22.8 Å². The lowest BCUT2D eigenvalue weighted by molar-refractivity contribution is 0.0978. The minimum atomic E-state index is -0.346. The van der Waals surface area contributed by atoms with Crippen molar-refractivity contribution in [2.45, 2.75) is 13.8 Å². The fourth-order valence-electron chi connectivity index (χ4n) is 3.06. The van der Waals surface area contributed by atoms with E-state index in [4.69, 9.17) is 28.8 Å². The maximum atomic E-state index is 12.5. The van der Waals surface area contributed by atoms with Crippen molar-refractivity contribution in [2.24, 2.45) is 0 Å². The van der Waals surface area contributed by atoms with Crippen LogP contribution in [0.25, 0.3) is 20.8 Å². The lowest BCUT2D eigenvalue weighted by Gasteiger charge is -2.13. The third-order valence-electron chi connectivity index (χ3n) is 4.61. The smallest absolute Gasteiger partial charge is 0.258 e. The molecule has 30 heavy (non-hydrogen) atoms. The average molecular weight is 452 g/mol. The van der Waals surface area contributed by atoms with E-state index in [-0.39, 0.29) is 11.0 Å². The van der Waals surface area contributed by atoms with Crippen LogP contribution in [-0.2, 0) is 0 Å². The van der Waals surface area contributed by atoms with Crippen LogP contribution in [0.1, 0.15) is 21.5 Å². The molecule has 150 valence electrons. The van der Waals surface area contributed by atoms with Gasteiger partial charge in [-0.15, -0.1) is 11.3 Å². The molecule has 3 aromatic carbocycles. The van der Waals surface area contributed by atoms with E-state index in [0.717, 1.165) is 37.6 Å². The number of thiazole rings is 1. The molecule has 4 nitrogen and oxygen atoms in total. The van der Waals surface area contributed by atoms with E-state index in [0.29, 0.717) is 10.6 Å². The van der Waals surface area contributed by atoms with Crippen molar-refractivity contribution in [3.8, 4) is 10.6 Å². The molecule has 0 aliphatic heterocycles. The largest absolute Gasteiger partial charge is 0.332 e. The van der Waals surface area contributed by atoms with E-state index in [1.807, 2.05) is 50.2 Å². The number of thiocarbonyl (C=S) groups is 1. The summed E-state index contributed by atoms with van der Waals surface area (Å²) in [6.45, 7) is 3.90. The lowest BCUT2D eigenvalue weighted by atomic mass is 10.1. The molecule has 1 heterocycles. The van der Waals surface area contributed by atoms with Crippen molar-refractivity contribution in [2.75, 3.05) is 5.32 Å². The van der Waals surface area contributed by atoms with E-state index in [1.165, 1.54) is 0 Å². The molecule has 0 radical (unpaired) electrons. The first kappa shape index (κ1) is 20.5. The van der Waals surface area contributed by atoms with Gasteiger partial charge in [0.1, 0.15) is 5.01 Å². The molecule has 0 saturated heterocycles. The Balaban J connectivity index is 1.48. The van der Waals surface area contributed by atoms with Crippen LogP contribution in [-0.4, -0.2) is 16.0 Å². The summed E-state index contributed by atoms with van der Waals surface area (Å²) in [7, 11) is 0. The van der Waals surface area contributed by atoms with Crippen LogP contribution in [0.2, 0.25) is 5.02 Å². The number of rotatable bonds is 3. The first-order valence-corrected chi connectivity index (χ1v) is 10.9. The molecule has 1 aromatic heterocycles. The Labute approximate surface area is 188 Å². The first-order chi connectivity index (χ1) is 14.4. The second kappa shape index (κ2) is 8.52. The quantitative estimate of drug-likeness (QED) is 0.356. The Kier molecular flexibility index (Phi) is 5.81. The number of nitrogens with one attached hydrogen (secondary N) is 2. The first-order valence-electron chi connectivity index (χ1n) is 9.26. The summed E-state index contributed by atoms with van der Waals surface area (Å²) in [5.74, 6) is -0.346. The number of hydrogen-bond donors (Lipinski definition) is 2. The SMILES string of the molecule is Cc1ccc(C(=O)NC(=S)Nc2ccc(-c3nc4ccccc4s3)cc2C)c(Cl)c1. The minimum Gasteiger partial charge on any atom is -0.332 e. The van der Waals surface area contributed by atoms with Gasteiger partial charge < -0.3 is 5.32 Å². The number of para-hydroxylation sites is 1. The number of aromatic nitrogens is 1. The number of hydrogen-bond acceptors (Lipinski definition) is 4. The molecular formula is C23H18ClN3OS2. The Morgan fingerprint density at radius 2 is 1.87 bits per heavy atom. The Morgan fingerprint density at radius 3 is 2.60 bits per heavy atom. The second-order valence-electron chi connectivity index (χ2n) is 6.91. The summed E-state index contributed by atoms with van der Waals surface area (Å²) in [5, 5.41) is 7.35. The summed E-state index contributed by atoms with van der Waals surface area (Å²) in [5.41, 5.74) is 5.23. The van der Waals surface area contributed by atoms with Crippen LogP contribution in [0.5, 0.6) is 0 Å². The predicted molar refractivity (Wildman–Crippen MR) is 130 cm³/mol. The van der Waals surface area contributed by atoms with Crippen LogP contribution in [0.15, 0.2) is 60.7 Å².